The van der Waals surface area contributed by atoms with Gasteiger partial charge in [-0.15, -0.1) is 0 Å². The maximum absolute atomic E-state index is 11.0. The summed E-state index contributed by atoms with van der Waals surface area (Å²) < 4.78 is 1.84. The van der Waals surface area contributed by atoms with Crippen molar-refractivity contribution in [3.05, 3.63) is 34.0 Å². The number of benzene rings is 1. The van der Waals surface area contributed by atoms with Crippen LogP contribution < -0.4 is 0 Å². The molecule has 2 rings (SSSR count). The molecule has 0 saturated carbocycles. The van der Waals surface area contributed by atoms with E-state index in [2.05, 4.69) is 13.0 Å². The molecule has 2 aromatic rings. The largest absolute Gasteiger partial charge is 0.334 e. The van der Waals surface area contributed by atoms with Crippen molar-refractivity contribution in [2.24, 2.45) is 7.05 Å². The van der Waals surface area contributed by atoms with Crippen LogP contribution in [0.3, 0.4) is 0 Å². The van der Waals surface area contributed by atoms with Gasteiger partial charge < -0.3 is 4.57 Å². The molecule has 78 valence electrons. The molecular weight excluding hydrogens is 210 g/mol. The van der Waals surface area contributed by atoms with Gasteiger partial charge in [0.1, 0.15) is 5.15 Å². The van der Waals surface area contributed by atoms with Crippen molar-refractivity contribution in [2.75, 3.05) is 0 Å². The topological polar surface area (TPSA) is 22.0 Å². The minimum absolute atomic E-state index is 0.505. The summed E-state index contributed by atoms with van der Waals surface area (Å²) in [5, 5.41) is 1.44. The zero-order valence-electron chi connectivity index (χ0n) is 8.97. The maximum Gasteiger partial charge on any atom is 0.153 e. The van der Waals surface area contributed by atoms with Gasteiger partial charge in [0.05, 0.1) is 5.56 Å². The van der Waals surface area contributed by atoms with Crippen molar-refractivity contribution in [1.82, 2.24) is 4.57 Å². The molecule has 0 saturated heterocycles. The quantitative estimate of drug-likeness (QED) is 0.678. The molecule has 0 radical (unpaired) electrons. The zero-order chi connectivity index (χ0) is 11.2. The Hall–Kier alpha value is -1.28. The summed E-state index contributed by atoms with van der Waals surface area (Å²) >= 11 is 6.07. The van der Waals surface area contributed by atoms with Crippen LogP contribution in [0.15, 0.2) is 12.1 Å². The SMILES string of the molecule is Cc1cc2c(C=O)c(Cl)n(C)c2cc1C. The first-order valence-electron chi connectivity index (χ1n) is 4.76. The summed E-state index contributed by atoms with van der Waals surface area (Å²) in [7, 11) is 1.87. The maximum atomic E-state index is 11.0. The minimum atomic E-state index is 0.505. The number of hydrogen-bond acceptors (Lipinski definition) is 1. The summed E-state index contributed by atoms with van der Waals surface area (Å²) in [6, 6.07) is 4.07. The van der Waals surface area contributed by atoms with Gasteiger partial charge in [-0.25, -0.2) is 0 Å². The van der Waals surface area contributed by atoms with Gasteiger partial charge in [-0.3, -0.25) is 4.79 Å². The van der Waals surface area contributed by atoms with Crippen LogP contribution in [0.4, 0.5) is 0 Å². The molecule has 0 unspecified atom stereocenters. The highest BCUT2D eigenvalue weighted by Gasteiger charge is 2.13. The Kier molecular flexibility index (Phi) is 2.31. The third-order valence-electron chi connectivity index (χ3n) is 2.90. The highest BCUT2D eigenvalue weighted by atomic mass is 35.5. The van der Waals surface area contributed by atoms with Crippen LogP contribution in [0.1, 0.15) is 21.5 Å². The normalized spacial score (nSPS) is 10.9. The number of aromatic nitrogens is 1. The van der Waals surface area contributed by atoms with Crippen LogP contribution in [0.25, 0.3) is 10.9 Å². The first-order valence-corrected chi connectivity index (χ1v) is 5.14. The molecule has 0 aliphatic rings. The Morgan fingerprint density at radius 3 is 2.47 bits per heavy atom. The average Bonchev–Trinajstić information content (AvgIpc) is 2.42. The molecule has 1 heterocycles. The Bertz CT molecular complexity index is 554. The van der Waals surface area contributed by atoms with E-state index in [-0.39, 0.29) is 0 Å². The highest BCUT2D eigenvalue weighted by molar-refractivity contribution is 6.34. The fourth-order valence-corrected chi connectivity index (χ4v) is 2.04. The molecule has 3 heteroatoms. The summed E-state index contributed by atoms with van der Waals surface area (Å²) in [5.41, 5.74) is 3.97. The van der Waals surface area contributed by atoms with Crippen LogP contribution in [-0.4, -0.2) is 10.9 Å². The number of halogens is 1. The number of nitrogens with zero attached hydrogens (tertiary/aromatic N) is 1. The fraction of sp³-hybridized carbons (Fsp3) is 0.250. The Morgan fingerprint density at radius 1 is 1.27 bits per heavy atom. The minimum Gasteiger partial charge on any atom is -0.334 e. The van der Waals surface area contributed by atoms with E-state index >= 15 is 0 Å². The molecular formula is C12H12ClNO. The van der Waals surface area contributed by atoms with Crippen molar-refractivity contribution >= 4 is 28.8 Å². The number of fused-ring (bicyclic) bond motifs is 1. The number of carbonyl (C=O) groups is 1. The van der Waals surface area contributed by atoms with Gasteiger partial charge in [0, 0.05) is 18.0 Å². The van der Waals surface area contributed by atoms with Crippen LogP contribution in [0.2, 0.25) is 5.15 Å². The number of carbonyl (C=O) groups excluding carboxylic acids is 1. The number of aldehydes is 1. The predicted octanol–water partition coefficient (Wildman–Crippen LogP) is 3.26. The fourth-order valence-electron chi connectivity index (χ4n) is 1.80. The van der Waals surface area contributed by atoms with E-state index in [1.54, 1.807) is 0 Å². The lowest BCUT2D eigenvalue weighted by atomic mass is 10.1. The summed E-state index contributed by atoms with van der Waals surface area (Å²) in [4.78, 5) is 11.0. The Morgan fingerprint density at radius 2 is 1.87 bits per heavy atom. The third kappa shape index (κ3) is 1.37. The second kappa shape index (κ2) is 3.38. The van der Waals surface area contributed by atoms with Crippen LogP contribution in [-0.2, 0) is 7.05 Å². The summed E-state index contributed by atoms with van der Waals surface area (Å²) in [5.74, 6) is 0. The second-order valence-electron chi connectivity index (χ2n) is 3.83. The lowest BCUT2D eigenvalue weighted by Gasteiger charge is -2.02. The van der Waals surface area contributed by atoms with E-state index < -0.39 is 0 Å². The van der Waals surface area contributed by atoms with Crippen LogP contribution >= 0.6 is 11.6 Å². The van der Waals surface area contributed by atoms with Gasteiger partial charge in [0.25, 0.3) is 0 Å². The van der Waals surface area contributed by atoms with Gasteiger partial charge in [-0.05, 0) is 37.1 Å². The van der Waals surface area contributed by atoms with Gasteiger partial charge in [0.15, 0.2) is 6.29 Å². The molecule has 0 fully saturated rings. The summed E-state index contributed by atoms with van der Waals surface area (Å²) in [6.45, 7) is 4.08. The molecule has 15 heavy (non-hydrogen) atoms. The van der Waals surface area contributed by atoms with Gasteiger partial charge in [-0.1, -0.05) is 11.6 Å². The van der Waals surface area contributed by atoms with E-state index in [9.17, 15) is 4.79 Å². The number of hydrogen-bond donors (Lipinski definition) is 0. The van der Waals surface area contributed by atoms with Gasteiger partial charge in [-0.2, -0.15) is 0 Å². The van der Waals surface area contributed by atoms with Crippen molar-refractivity contribution in [1.29, 1.82) is 0 Å². The second-order valence-corrected chi connectivity index (χ2v) is 4.19. The third-order valence-corrected chi connectivity index (χ3v) is 3.36. The van der Waals surface area contributed by atoms with Crippen molar-refractivity contribution in [3.63, 3.8) is 0 Å². The molecule has 0 atom stereocenters. The number of aryl methyl sites for hydroxylation is 3. The average molecular weight is 222 g/mol. The highest BCUT2D eigenvalue weighted by Crippen LogP contribution is 2.29. The molecule has 1 aromatic heterocycles. The molecule has 0 aliphatic carbocycles. The molecule has 1 aromatic carbocycles. The Balaban J connectivity index is 2.97. The van der Waals surface area contributed by atoms with Crippen LogP contribution in [0.5, 0.6) is 0 Å². The lowest BCUT2D eigenvalue weighted by Crippen LogP contribution is -1.88. The molecule has 0 spiro atoms. The standard InChI is InChI=1S/C12H12ClNO/c1-7-4-9-10(6-15)12(13)14(3)11(9)5-8(7)2/h4-6H,1-3H3. The van der Waals surface area contributed by atoms with Crippen molar-refractivity contribution < 1.29 is 4.79 Å². The lowest BCUT2D eigenvalue weighted by molar-refractivity contribution is 0.112. The Labute approximate surface area is 93.5 Å². The van der Waals surface area contributed by atoms with Crippen LogP contribution in [0, 0.1) is 13.8 Å². The molecule has 0 aliphatic heterocycles. The smallest absolute Gasteiger partial charge is 0.153 e. The zero-order valence-corrected chi connectivity index (χ0v) is 9.72. The van der Waals surface area contributed by atoms with Gasteiger partial charge in [0.2, 0.25) is 0 Å². The van der Waals surface area contributed by atoms with Crippen molar-refractivity contribution in [2.45, 2.75) is 13.8 Å². The van der Waals surface area contributed by atoms with E-state index in [1.807, 2.05) is 24.6 Å². The molecule has 0 amide bonds. The van der Waals surface area contributed by atoms with E-state index in [0.717, 1.165) is 17.2 Å². The van der Waals surface area contributed by atoms with E-state index in [4.69, 9.17) is 11.6 Å². The summed E-state index contributed by atoms with van der Waals surface area (Å²) in [6.07, 6.45) is 0.819. The monoisotopic (exact) mass is 221 g/mol. The molecule has 0 bridgehead atoms. The molecule has 0 N–H and O–H groups in total. The van der Waals surface area contributed by atoms with E-state index in [0.29, 0.717) is 10.7 Å². The first kappa shape index (κ1) is 10.2. The van der Waals surface area contributed by atoms with Gasteiger partial charge >= 0.3 is 0 Å². The van der Waals surface area contributed by atoms with Crippen molar-refractivity contribution in [3.8, 4) is 0 Å². The predicted molar refractivity (Wildman–Crippen MR) is 62.8 cm³/mol. The number of rotatable bonds is 1. The molecule has 2 nitrogen and oxygen atoms in total. The van der Waals surface area contributed by atoms with E-state index in [1.165, 1.54) is 11.1 Å². The first-order chi connectivity index (χ1) is 7.06.